The number of carboxylic acid groups (broad SMARTS) is 2. The molecule has 0 heterocycles. The number of carbonyl (C=O) groups is 3. The summed E-state index contributed by atoms with van der Waals surface area (Å²) >= 11 is 0. The minimum atomic E-state index is -1.23. The first-order valence-electron chi connectivity index (χ1n) is 9.90. The molecule has 7 nitrogen and oxygen atoms in total. The Morgan fingerprint density at radius 1 is 1.11 bits per heavy atom. The maximum absolute atomic E-state index is 12.2. The second-order valence-corrected chi connectivity index (χ2v) is 7.88. The predicted molar refractivity (Wildman–Crippen MR) is 106 cm³/mol. The van der Waals surface area contributed by atoms with Crippen molar-refractivity contribution in [2.75, 3.05) is 11.9 Å². The van der Waals surface area contributed by atoms with Crippen molar-refractivity contribution >= 4 is 23.7 Å². The van der Waals surface area contributed by atoms with Crippen molar-refractivity contribution in [2.24, 2.45) is 11.8 Å². The zero-order chi connectivity index (χ0) is 20.7. The molecule has 2 amide bonds. The van der Waals surface area contributed by atoms with Gasteiger partial charge in [0, 0.05) is 18.2 Å². The van der Waals surface area contributed by atoms with Crippen LogP contribution in [-0.2, 0) is 16.0 Å². The molecule has 1 unspecified atom stereocenters. The fourth-order valence-corrected chi connectivity index (χ4v) is 3.63. The molecule has 0 aromatic heterocycles. The molecule has 1 aromatic carbocycles. The van der Waals surface area contributed by atoms with Crippen molar-refractivity contribution in [3.63, 3.8) is 0 Å². The van der Waals surface area contributed by atoms with Gasteiger partial charge in [0.25, 0.3) is 0 Å². The summed E-state index contributed by atoms with van der Waals surface area (Å²) in [6.45, 7) is 3.84. The number of hydrogen-bond acceptors (Lipinski definition) is 3. The number of rotatable bonds is 9. The molecule has 7 heteroatoms. The van der Waals surface area contributed by atoms with Crippen LogP contribution in [-0.4, -0.2) is 45.7 Å². The fraction of sp³-hybridized carbons (Fsp3) is 0.571. The lowest BCUT2D eigenvalue weighted by Gasteiger charge is -2.27. The van der Waals surface area contributed by atoms with Gasteiger partial charge in [0.1, 0.15) is 6.04 Å². The highest BCUT2D eigenvalue weighted by Crippen LogP contribution is 2.26. The molecule has 1 aliphatic rings. The molecule has 2 rings (SSSR count). The van der Waals surface area contributed by atoms with E-state index in [9.17, 15) is 24.6 Å². The summed E-state index contributed by atoms with van der Waals surface area (Å²) in [7, 11) is 0. The number of nitrogens with one attached hydrogen (secondary N) is 1. The fourth-order valence-electron chi connectivity index (χ4n) is 3.63. The van der Waals surface area contributed by atoms with Gasteiger partial charge in [-0.25, -0.2) is 9.59 Å². The third kappa shape index (κ3) is 6.25. The molecule has 0 spiro atoms. The van der Waals surface area contributed by atoms with Crippen molar-refractivity contribution in [3.05, 3.63) is 29.8 Å². The summed E-state index contributed by atoms with van der Waals surface area (Å²) in [6.07, 6.45) is 3.54. The lowest BCUT2D eigenvalue weighted by atomic mass is 10.0. The Labute approximate surface area is 165 Å². The van der Waals surface area contributed by atoms with Crippen molar-refractivity contribution < 1.29 is 24.6 Å². The number of amides is 2. The first-order chi connectivity index (χ1) is 13.3. The topological polar surface area (TPSA) is 107 Å². The zero-order valence-electron chi connectivity index (χ0n) is 16.6. The SMILES string of the molecule is CC(C)CC(C(=O)O)N(CCc1ccc(NC(=O)C2CCCC2)cc1)C(=O)O. The normalized spacial score (nSPS) is 15.4. The van der Waals surface area contributed by atoms with Crippen molar-refractivity contribution in [1.29, 1.82) is 0 Å². The van der Waals surface area contributed by atoms with Gasteiger partial charge in [-0.2, -0.15) is 0 Å². The Kier molecular flexibility index (Phi) is 7.84. The molecule has 0 aliphatic heterocycles. The Bertz CT molecular complexity index is 681. The summed E-state index contributed by atoms with van der Waals surface area (Å²) in [6, 6.07) is 6.22. The molecular weight excluding hydrogens is 360 g/mol. The van der Waals surface area contributed by atoms with Gasteiger partial charge >= 0.3 is 12.1 Å². The average Bonchev–Trinajstić information content (AvgIpc) is 3.16. The van der Waals surface area contributed by atoms with Crippen molar-refractivity contribution in [3.8, 4) is 0 Å². The van der Waals surface area contributed by atoms with E-state index >= 15 is 0 Å². The molecular formula is C21H30N2O5. The summed E-state index contributed by atoms with van der Waals surface area (Å²) in [5, 5.41) is 21.8. The van der Waals surface area contributed by atoms with Crippen molar-refractivity contribution in [2.45, 2.75) is 58.4 Å². The van der Waals surface area contributed by atoms with E-state index in [1.54, 1.807) is 12.1 Å². The molecule has 1 aromatic rings. The van der Waals surface area contributed by atoms with Gasteiger partial charge in [0.15, 0.2) is 0 Å². The largest absolute Gasteiger partial charge is 0.480 e. The highest BCUT2D eigenvalue weighted by atomic mass is 16.4. The third-order valence-electron chi connectivity index (χ3n) is 5.19. The Hall–Kier alpha value is -2.57. The molecule has 1 saturated carbocycles. The first-order valence-corrected chi connectivity index (χ1v) is 9.90. The molecule has 154 valence electrons. The lowest BCUT2D eigenvalue weighted by molar-refractivity contribution is -0.143. The van der Waals surface area contributed by atoms with E-state index in [1.807, 2.05) is 26.0 Å². The molecule has 0 radical (unpaired) electrons. The molecule has 1 aliphatic carbocycles. The van der Waals surface area contributed by atoms with Crippen molar-refractivity contribution in [1.82, 2.24) is 4.90 Å². The molecule has 28 heavy (non-hydrogen) atoms. The standard InChI is InChI=1S/C21H30N2O5/c1-14(2)13-18(20(25)26)23(21(27)28)12-11-15-7-9-17(10-8-15)22-19(24)16-5-3-4-6-16/h7-10,14,16,18H,3-6,11-13H2,1-2H3,(H,22,24)(H,25,26)(H,27,28). The van der Waals surface area contributed by atoms with Crippen LogP contribution in [0.2, 0.25) is 0 Å². The highest BCUT2D eigenvalue weighted by Gasteiger charge is 2.30. The predicted octanol–water partition coefficient (Wildman–Crippen LogP) is 3.84. The summed E-state index contributed by atoms with van der Waals surface area (Å²) < 4.78 is 0. The summed E-state index contributed by atoms with van der Waals surface area (Å²) in [4.78, 5) is 36.2. The van der Waals surface area contributed by atoms with Gasteiger partial charge in [-0.05, 0) is 49.3 Å². The highest BCUT2D eigenvalue weighted by molar-refractivity contribution is 5.92. The smallest absolute Gasteiger partial charge is 0.408 e. The van der Waals surface area contributed by atoms with Gasteiger partial charge in [-0.3, -0.25) is 9.69 Å². The average molecular weight is 390 g/mol. The second-order valence-electron chi connectivity index (χ2n) is 7.88. The van der Waals surface area contributed by atoms with Crippen LogP contribution < -0.4 is 5.32 Å². The molecule has 1 fully saturated rings. The number of nitrogens with zero attached hydrogens (tertiary/aromatic N) is 1. The van der Waals surface area contributed by atoms with E-state index in [4.69, 9.17) is 0 Å². The second kappa shape index (κ2) is 10.1. The Morgan fingerprint density at radius 3 is 2.21 bits per heavy atom. The molecule has 1 atom stereocenters. The van der Waals surface area contributed by atoms with Gasteiger partial charge in [0.05, 0.1) is 0 Å². The number of carboxylic acids is 1. The van der Waals surface area contributed by atoms with E-state index in [1.165, 1.54) is 0 Å². The van der Waals surface area contributed by atoms with E-state index in [-0.39, 0.29) is 30.7 Å². The van der Waals surface area contributed by atoms with Crippen LogP contribution in [0.4, 0.5) is 10.5 Å². The van der Waals surface area contributed by atoms with Gasteiger partial charge in [-0.1, -0.05) is 38.8 Å². The number of hydrogen-bond donors (Lipinski definition) is 3. The first kappa shape index (κ1) is 21.7. The van der Waals surface area contributed by atoms with Crippen LogP contribution in [0.1, 0.15) is 51.5 Å². The number of anilines is 1. The minimum Gasteiger partial charge on any atom is -0.480 e. The van der Waals surface area contributed by atoms with Gasteiger partial charge in [0.2, 0.25) is 5.91 Å². The molecule has 0 bridgehead atoms. The summed E-state index contributed by atoms with van der Waals surface area (Å²) in [5.41, 5.74) is 1.61. The van der Waals surface area contributed by atoms with E-state index in [2.05, 4.69) is 5.32 Å². The number of benzene rings is 1. The van der Waals surface area contributed by atoms with Crippen LogP contribution in [0.25, 0.3) is 0 Å². The monoisotopic (exact) mass is 390 g/mol. The number of carbonyl (C=O) groups excluding carboxylic acids is 1. The van der Waals surface area contributed by atoms with Crippen LogP contribution in [0, 0.1) is 11.8 Å². The lowest BCUT2D eigenvalue weighted by Crippen LogP contribution is -2.46. The van der Waals surface area contributed by atoms with E-state index in [0.717, 1.165) is 41.8 Å². The summed E-state index contributed by atoms with van der Waals surface area (Å²) in [5.74, 6) is -0.898. The quantitative estimate of drug-likeness (QED) is 0.594. The van der Waals surface area contributed by atoms with Crippen LogP contribution in [0.3, 0.4) is 0 Å². The Balaban J connectivity index is 1.94. The zero-order valence-corrected chi connectivity index (χ0v) is 16.6. The third-order valence-corrected chi connectivity index (χ3v) is 5.19. The van der Waals surface area contributed by atoms with Crippen LogP contribution in [0.15, 0.2) is 24.3 Å². The minimum absolute atomic E-state index is 0.0558. The van der Waals surface area contributed by atoms with Gasteiger partial charge < -0.3 is 15.5 Å². The van der Waals surface area contributed by atoms with Crippen LogP contribution >= 0.6 is 0 Å². The van der Waals surface area contributed by atoms with Gasteiger partial charge in [-0.15, -0.1) is 0 Å². The maximum atomic E-state index is 12.2. The van der Waals surface area contributed by atoms with Crippen LogP contribution in [0.5, 0.6) is 0 Å². The molecule has 3 N–H and O–H groups in total. The molecule has 0 saturated heterocycles. The number of aliphatic carboxylic acids is 1. The van der Waals surface area contributed by atoms with E-state index in [0.29, 0.717) is 6.42 Å². The Morgan fingerprint density at radius 2 is 1.71 bits per heavy atom. The van der Waals surface area contributed by atoms with E-state index < -0.39 is 18.1 Å². The maximum Gasteiger partial charge on any atom is 0.408 e.